The quantitative estimate of drug-likeness (QED) is 0.812. The molecule has 2 rings (SSSR count). The van der Waals surface area contributed by atoms with E-state index in [2.05, 4.69) is 6.92 Å². The molecule has 0 N–H and O–H groups in total. The summed E-state index contributed by atoms with van der Waals surface area (Å²) in [7, 11) is -1.80. The molecule has 1 aliphatic heterocycles. The van der Waals surface area contributed by atoms with Crippen molar-refractivity contribution < 1.29 is 17.9 Å². The highest BCUT2D eigenvalue weighted by Crippen LogP contribution is 2.22. The highest BCUT2D eigenvalue weighted by Gasteiger charge is 2.26. The summed E-state index contributed by atoms with van der Waals surface area (Å²) in [5.74, 6) is 1.08. The van der Waals surface area contributed by atoms with Crippen LogP contribution in [0.4, 0.5) is 5.69 Å². The first-order chi connectivity index (χ1) is 11.2. The van der Waals surface area contributed by atoms with Gasteiger partial charge in [0, 0.05) is 20.1 Å². The molecule has 0 saturated carbocycles. The highest BCUT2D eigenvalue weighted by molar-refractivity contribution is 7.92. The zero-order chi connectivity index (χ0) is 17.9. The van der Waals surface area contributed by atoms with E-state index in [1.54, 1.807) is 31.2 Å². The molecule has 2 atom stereocenters. The fourth-order valence-corrected chi connectivity index (χ4v) is 3.33. The molecule has 1 aliphatic rings. The lowest BCUT2D eigenvalue weighted by Gasteiger charge is -2.32. The van der Waals surface area contributed by atoms with Gasteiger partial charge < -0.3 is 9.64 Å². The van der Waals surface area contributed by atoms with Gasteiger partial charge in [0.1, 0.15) is 5.75 Å². The standard InChI is InChI=1S/C17H26N2O4S/c1-13-6-5-11-19(12-13)17(20)14(2)23-16-9-7-15(8-10-16)18(3)24(4,21)22/h7-10,13-14H,5-6,11-12H2,1-4H3/t13-,14+/m0/s1. The molecule has 0 aromatic heterocycles. The van der Waals surface area contributed by atoms with E-state index in [4.69, 9.17) is 4.74 Å². The van der Waals surface area contributed by atoms with E-state index in [9.17, 15) is 13.2 Å². The van der Waals surface area contributed by atoms with Crippen LogP contribution in [0.15, 0.2) is 24.3 Å². The third-order valence-electron chi connectivity index (χ3n) is 4.33. The van der Waals surface area contributed by atoms with Gasteiger partial charge >= 0.3 is 0 Å². The molecule has 6 nitrogen and oxygen atoms in total. The van der Waals surface area contributed by atoms with Crippen LogP contribution in [0.2, 0.25) is 0 Å². The number of rotatable bonds is 5. The molecule has 134 valence electrons. The first-order valence-corrected chi connectivity index (χ1v) is 10.0. The van der Waals surface area contributed by atoms with Crippen molar-refractivity contribution in [1.29, 1.82) is 0 Å². The summed E-state index contributed by atoms with van der Waals surface area (Å²) in [5, 5.41) is 0. The molecule has 1 amide bonds. The monoisotopic (exact) mass is 354 g/mol. The summed E-state index contributed by atoms with van der Waals surface area (Å²) < 4.78 is 30.0. The molecular formula is C17H26N2O4S. The summed E-state index contributed by atoms with van der Waals surface area (Å²) in [6.45, 7) is 5.47. The van der Waals surface area contributed by atoms with Crippen LogP contribution >= 0.6 is 0 Å². The summed E-state index contributed by atoms with van der Waals surface area (Å²) >= 11 is 0. The Morgan fingerprint density at radius 2 is 1.96 bits per heavy atom. The average molecular weight is 354 g/mol. The van der Waals surface area contributed by atoms with Crippen molar-refractivity contribution in [2.45, 2.75) is 32.8 Å². The second kappa shape index (κ2) is 7.42. The molecule has 0 aliphatic carbocycles. The van der Waals surface area contributed by atoms with Crippen LogP contribution in [0, 0.1) is 5.92 Å². The molecule has 1 fully saturated rings. The van der Waals surface area contributed by atoms with Crippen LogP contribution in [-0.4, -0.2) is 51.7 Å². The normalized spacial score (nSPS) is 19.7. The number of amides is 1. The lowest BCUT2D eigenvalue weighted by molar-refractivity contribution is -0.139. The maximum absolute atomic E-state index is 12.5. The number of hydrogen-bond acceptors (Lipinski definition) is 4. The predicted molar refractivity (Wildman–Crippen MR) is 94.8 cm³/mol. The summed E-state index contributed by atoms with van der Waals surface area (Å²) in [5.41, 5.74) is 0.550. The van der Waals surface area contributed by atoms with Gasteiger partial charge in [-0.05, 0) is 49.9 Å². The number of sulfonamides is 1. The van der Waals surface area contributed by atoms with E-state index in [-0.39, 0.29) is 5.91 Å². The number of nitrogens with zero attached hydrogens (tertiary/aromatic N) is 2. The highest BCUT2D eigenvalue weighted by atomic mass is 32.2. The molecule has 7 heteroatoms. The smallest absolute Gasteiger partial charge is 0.263 e. The summed E-state index contributed by atoms with van der Waals surface area (Å²) in [6.07, 6.45) is 2.78. The van der Waals surface area contributed by atoms with Crippen LogP contribution in [0.25, 0.3) is 0 Å². The lowest BCUT2D eigenvalue weighted by Crippen LogP contribution is -2.45. The van der Waals surface area contributed by atoms with E-state index in [1.807, 2.05) is 4.90 Å². The molecule has 1 aromatic rings. The van der Waals surface area contributed by atoms with Gasteiger partial charge in [-0.25, -0.2) is 8.42 Å². The Morgan fingerprint density at radius 1 is 1.33 bits per heavy atom. The van der Waals surface area contributed by atoms with Gasteiger partial charge in [0.05, 0.1) is 11.9 Å². The van der Waals surface area contributed by atoms with Gasteiger partial charge in [0.15, 0.2) is 6.10 Å². The third-order valence-corrected chi connectivity index (χ3v) is 5.53. The lowest BCUT2D eigenvalue weighted by atomic mass is 10.00. The first-order valence-electron chi connectivity index (χ1n) is 8.18. The van der Waals surface area contributed by atoms with E-state index < -0.39 is 16.1 Å². The van der Waals surface area contributed by atoms with Gasteiger partial charge in [-0.15, -0.1) is 0 Å². The van der Waals surface area contributed by atoms with E-state index >= 15 is 0 Å². The van der Waals surface area contributed by atoms with Gasteiger partial charge in [-0.1, -0.05) is 6.92 Å². The molecule has 0 unspecified atom stereocenters. The SMILES string of the molecule is C[C@H]1CCCN(C(=O)[C@@H](C)Oc2ccc(N(C)S(C)(=O)=O)cc2)C1. The van der Waals surface area contributed by atoms with Crippen LogP contribution in [0.5, 0.6) is 5.75 Å². The number of likely N-dealkylation sites (tertiary alicyclic amines) is 1. The number of benzene rings is 1. The second-order valence-electron chi connectivity index (χ2n) is 6.52. The Morgan fingerprint density at radius 3 is 2.50 bits per heavy atom. The summed E-state index contributed by atoms with van der Waals surface area (Å²) in [6, 6.07) is 6.69. The topological polar surface area (TPSA) is 66.9 Å². The van der Waals surface area contributed by atoms with Crippen molar-refractivity contribution >= 4 is 21.6 Å². The van der Waals surface area contributed by atoms with Gasteiger partial charge in [0.25, 0.3) is 5.91 Å². The fraction of sp³-hybridized carbons (Fsp3) is 0.588. The Bertz CT molecular complexity index is 672. The predicted octanol–water partition coefficient (Wildman–Crippen LogP) is 2.11. The van der Waals surface area contributed by atoms with E-state index in [0.29, 0.717) is 17.4 Å². The Hall–Kier alpha value is -1.76. The van der Waals surface area contributed by atoms with Gasteiger partial charge in [0.2, 0.25) is 10.0 Å². The Labute approximate surface area is 144 Å². The molecular weight excluding hydrogens is 328 g/mol. The molecule has 1 aromatic carbocycles. The minimum absolute atomic E-state index is 0.00104. The van der Waals surface area contributed by atoms with Gasteiger partial charge in [-0.3, -0.25) is 9.10 Å². The molecule has 24 heavy (non-hydrogen) atoms. The zero-order valence-electron chi connectivity index (χ0n) is 14.7. The Balaban J connectivity index is 1.99. The third kappa shape index (κ3) is 4.63. The van der Waals surface area contributed by atoms with Crippen molar-refractivity contribution in [2.75, 3.05) is 30.7 Å². The molecule has 0 spiro atoms. The first kappa shape index (κ1) is 18.6. The number of piperidine rings is 1. The van der Waals surface area contributed by atoms with Crippen LogP contribution in [-0.2, 0) is 14.8 Å². The van der Waals surface area contributed by atoms with Crippen molar-refractivity contribution in [3.63, 3.8) is 0 Å². The number of carbonyl (C=O) groups is 1. The zero-order valence-corrected chi connectivity index (χ0v) is 15.5. The van der Waals surface area contributed by atoms with Crippen molar-refractivity contribution in [1.82, 2.24) is 4.90 Å². The second-order valence-corrected chi connectivity index (χ2v) is 8.53. The summed E-state index contributed by atoms with van der Waals surface area (Å²) in [4.78, 5) is 14.3. The maximum atomic E-state index is 12.5. The number of hydrogen-bond donors (Lipinski definition) is 0. The Kier molecular flexibility index (Phi) is 5.74. The minimum Gasteiger partial charge on any atom is -0.481 e. The minimum atomic E-state index is -3.29. The van der Waals surface area contributed by atoms with Crippen LogP contribution in [0.3, 0.4) is 0 Å². The van der Waals surface area contributed by atoms with Crippen molar-refractivity contribution in [3.05, 3.63) is 24.3 Å². The maximum Gasteiger partial charge on any atom is 0.263 e. The van der Waals surface area contributed by atoms with Crippen molar-refractivity contribution in [2.24, 2.45) is 5.92 Å². The van der Waals surface area contributed by atoms with Crippen LogP contribution in [0.1, 0.15) is 26.7 Å². The van der Waals surface area contributed by atoms with Crippen LogP contribution < -0.4 is 9.04 Å². The average Bonchev–Trinajstić information content (AvgIpc) is 2.53. The number of carbonyl (C=O) groups excluding carboxylic acids is 1. The fourth-order valence-electron chi connectivity index (χ4n) is 2.83. The van der Waals surface area contributed by atoms with E-state index in [0.717, 1.165) is 32.2 Å². The van der Waals surface area contributed by atoms with Crippen molar-refractivity contribution in [3.8, 4) is 5.75 Å². The largest absolute Gasteiger partial charge is 0.481 e. The molecule has 0 radical (unpaired) electrons. The van der Waals surface area contributed by atoms with E-state index in [1.165, 1.54) is 11.4 Å². The number of ether oxygens (including phenoxy) is 1. The molecule has 1 saturated heterocycles. The number of anilines is 1. The molecule has 1 heterocycles. The molecule has 0 bridgehead atoms. The van der Waals surface area contributed by atoms with Gasteiger partial charge in [-0.2, -0.15) is 0 Å².